The summed E-state index contributed by atoms with van der Waals surface area (Å²) < 4.78 is 5.33. The Labute approximate surface area is 151 Å². The van der Waals surface area contributed by atoms with Crippen LogP contribution in [0.2, 0.25) is 0 Å². The summed E-state index contributed by atoms with van der Waals surface area (Å²) in [5.41, 5.74) is 2.87. The molecule has 2 aromatic carbocycles. The Bertz CT molecular complexity index is 870. The Kier molecular flexibility index (Phi) is 5.06. The van der Waals surface area contributed by atoms with Gasteiger partial charge < -0.3 is 9.84 Å². The van der Waals surface area contributed by atoms with E-state index in [1.165, 1.54) is 7.11 Å². The molecule has 0 bridgehead atoms. The second-order valence-corrected chi connectivity index (χ2v) is 5.99. The zero-order chi connectivity index (χ0) is 18.7. The van der Waals surface area contributed by atoms with Gasteiger partial charge in [-0.3, -0.25) is 15.8 Å². The molecule has 0 radical (unpaired) electrons. The van der Waals surface area contributed by atoms with Crippen LogP contribution >= 0.6 is 0 Å². The van der Waals surface area contributed by atoms with Crippen molar-refractivity contribution < 1.29 is 20.3 Å². The van der Waals surface area contributed by atoms with E-state index in [2.05, 4.69) is 6.08 Å². The number of phenols is 1. The Hall–Kier alpha value is -3.09. The van der Waals surface area contributed by atoms with E-state index in [1.54, 1.807) is 30.3 Å². The summed E-state index contributed by atoms with van der Waals surface area (Å²) in [6, 6.07) is 10.5. The number of benzene rings is 2. The molecule has 1 aliphatic rings. The molecule has 6 heteroatoms. The minimum Gasteiger partial charge on any atom is -0.504 e. The number of hydrogen-bond donors (Lipinski definition) is 4. The van der Waals surface area contributed by atoms with Crippen molar-refractivity contribution in [2.75, 3.05) is 7.11 Å². The van der Waals surface area contributed by atoms with Gasteiger partial charge >= 0.3 is 0 Å². The van der Waals surface area contributed by atoms with Crippen molar-refractivity contribution in [2.45, 2.75) is 12.3 Å². The van der Waals surface area contributed by atoms with Gasteiger partial charge in [0.1, 0.15) is 0 Å². The summed E-state index contributed by atoms with van der Waals surface area (Å²) in [4.78, 5) is 0. The summed E-state index contributed by atoms with van der Waals surface area (Å²) >= 11 is 0. The van der Waals surface area contributed by atoms with E-state index in [0.717, 1.165) is 23.1 Å². The van der Waals surface area contributed by atoms with E-state index >= 15 is 0 Å². The zero-order valence-electron chi connectivity index (χ0n) is 14.3. The van der Waals surface area contributed by atoms with E-state index in [-0.39, 0.29) is 16.9 Å². The van der Waals surface area contributed by atoms with Gasteiger partial charge in [0.25, 0.3) is 0 Å². The van der Waals surface area contributed by atoms with Crippen LogP contribution in [0.15, 0.2) is 60.7 Å². The first-order valence-electron chi connectivity index (χ1n) is 8.12. The molecule has 0 amide bonds. The second-order valence-electron chi connectivity index (χ2n) is 5.99. The number of nitrogens with zero attached hydrogens (tertiary/aromatic N) is 1. The molecule has 0 spiro atoms. The average molecular weight is 352 g/mol. The molecule has 0 aliphatic heterocycles. The molecule has 134 valence electrons. The lowest BCUT2D eigenvalue weighted by Gasteiger charge is -2.19. The summed E-state index contributed by atoms with van der Waals surface area (Å²) in [7, 11) is 1.51. The maximum atomic E-state index is 10.5. The van der Waals surface area contributed by atoms with Crippen molar-refractivity contribution in [3.8, 4) is 22.6 Å². The molecule has 1 aliphatic carbocycles. The Morgan fingerprint density at radius 2 is 1.85 bits per heavy atom. The van der Waals surface area contributed by atoms with Crippen molar-refractivity contribution in [1.29, 1.82) is 5.41 Å². The van der Waals surface area contributed by atoms with E-state index in [9.17, 15) is 5.11 Å². The van der Waals surface area contributed by atoms with Gasteiger partial charge in [0.15, 0.2) is 17.3 Å². The number of methoxy groups -OCH3 is 1. The Morgan fingerprint density at radius 1 is 1.12 bits per heavy atom. The van der Waals surface area contributed by atoms with Crippen molar-refractivity contribution in [2.24, 2.45) is 0 Å². The number of allylic oxidation sites excluding steroid dienone is 4. The van der Waals surface area contributed by atoms with Crippen molar-refractivity contribution in [3.63, 3.8) is 0 Å². The first-order valence-corrected chi connectivity index (χ1v) is 8.12. The number of phenolic OH excluding ortho intramolecular Hbond substituents is 1. The first kappa shape index (κ1) is 17.7. The fourth-order valence-electron chi connectivity index (χ4n) is 2.98. The fraction of sp³-hybridized carbons (Fsp3) is 0.150. The highest BCUT2D eigenvalue weighted by Gasteiger charge is 2.18. The molecule has 26 heavy (non-hydrogen) atoms. The SMILES string of the molecule is COc1cc(-c2ccc(C(=N)N(O)O)cc2)cc(C2C=CC=CC2)c1O. The van der Waals surface area contributed by atoms with Gasteiger partial charge in [-0.15, -0.1) is 5.23 Å². The molecular weight excluding hydrogens is 332 g/mol. The number of amidine groups is 1. The number of aromatic hydroxyl groups is 1. The van der Waals surface area contributed by atoms with Gasteiger partial charge in [0.2, 0.25) is 0 Å². The first-order chi connectivity index (χ1) is 12.5. The maximum Gasteiger partial charge on any atom is 0.183 e. The second kappa shape index (κ2) is 7.43. The highest BCUT2D eigenvalue weighted by Crippen LogP contribution is 2.41. The minimum atomic E-state index is -0.417. The molecule has 0 heterocycles. The topological polar surface area (TPSA) is 97.0 Å². The average Bonchev–Trinajstić information content (AvgIpc) is 2.68. The number of hydrogen-bond acceptors (Lipinski definition) is 5. The van der Waals surface area contributed by atoms with E-state index in [0.29, 0.717) is 11.3 Å². The Balaban J connectivity index is 2.01. The van der Waals surface area contributed by atoms with Crippen LogP contribution in [-0.2, 0) is 0 Å². The molecule has 0 fully saturated rings. The predicted molar refractivity (Wildman–Crippen MR) is 98.0 cm³/mol. The van der Waals surface area contributed by atoms with Crippen LogP contribution in [0.4, 0.5) is 0 Å². The van der Waals surface area contributed by atoms with Crippen molar-refractivity contribution >= 4 is 5.84 Å². The highest BCUT2D eigenvalue weighted by molar-refractivity contribution is 5.95. The molecule has 0 saturated heterocycles. The van der Waals surface area contributed by atoms with Gasteiger partial charge in [-0.1, -0.05) is 48.6 Å². The summed E-state index contributed by atoms with van der Waals surface area (Å²) in [5, 5.41) is 35.8. The van der Waals surface area contributed by atoms with Gasteiger partial charge in [0, 0.05) is 17.0 Å². The molecule has 0 saturated carbocycles. The van der Waals surface area contributed by atoms with Crippen LogP contribution in [0.25, 0.3) is 11.1 Å². The number of nitrogens with one attached hydrogen (secondary N) is 1. The Morgan fingerprint density at radius 3 is 2.42 bits per heavy atom. The number of rotatable bonds is 4. The van der Waals surface area contributed by atoms with Crippen LogP contribution in [0.5, 0.6) is 11.5 Å². The largest absolute Gasteiger partial charge is 0.504 e. The monoisotopic (exact) mass is 352 g/mol. The van der Waals surface area contributed by atoms with Crippen LogP contribution in [0.1, 0.15) is 23.5 Å². The standard InChI is InChI=1S/C20H20N2O4/c1-26-18-12-16(11-17(19(18)23)14-5-3-2-4-6-14)13-7-9-15(10-8-13)20(21)22(24)25/h2-5,7-12,14,21,23-25H,6H2,1H3. The molecule has 1 atom stereocenters. The predicted octanol–water partition coefficient (Wildman–Crippen LogP) is 4.07. The minimum absolute atomic E-state index is 0.0682. The third kappa shape index (κ3) is 3.46. The van der Waals surface area contributed by atoms with Gasteiger partial charge in [-0.05, 0) is 29.7 Å². The van der Waals surface area contributed by atoms with E-state index in [1.807, 2.05) is 24.3 Å². The third-order valence-corrected chi connectivity index (χ3v) is 4.40. The van der Waals surface area contributed by atoms with Crippen LogP contribution in [-0.4, -0.2) is 33.7 Å². The zero-order valence-corrected chi connectivity index (χ0v) is 14.3. The van der Waals surface area contributed by atoms with Crippen LogP contribution in [0, 0.1) is 5.41 Å². The maximum absolute atomic E-state index is 10.5. The number of hydroxylamine groups is 2. The fourth-order valence-corrected chi connectivity index (χ4v) is 2.98. The van der Waals surface area contributed by atoms with Crippen molar-refractivity contribution in [3.05, 3.63) is 71.8 Å². The lowest BCUT2D eigenvalue weighted by molar-refractivity contribution is -0.244. The summed E-state index contributed by atoms with van der Waals surface area (Å²) in [6.07, 6.45) is 8.84. The molecule has 6 nitrogen and oxygen atoms in total. The lowest BCUT2D eigenvalue weighted by Crippen LogP contribution is -2.23. The van der Waals surface area contributed by atoms with E-state index < -0.39 is 5.84 Å². The van der Waals surface area contributed by atoms with Crippen LogP contribution < -0.4 is 4.74 Å². The molecule has 1 unspecified atom stereocenters. The normalized spacial score (nSPS) is 15.7. The van der Waals surface area contributed by atoms with E-state index in [4.69, 9.17) is 20.6 Å². The molecule has 3 rings (SSSR count). The molecule has 2 aromatic rings. The molecule has 0 aromatic heterocycles. The van der Waals surface area contributed by atoms with Gasteiger partial charge in [0.05, 0.1) is 7.11 Å². The highest BCUT2D eigenvalue weighted by atomic mass is 16.8. The number of ether oxygens (including phenoxy) is 1. The van der Waals surface area contributed by atoms with Gasteiger partial charge in [-0.25, -0.2) is 0 Å². The summed E-state index contributed by atoms with van der Waals surface area (Å²) in [5.74, 6) is 0.184. The quantitative estimate of drug-likeness (QED) is 0.378. The smallest absolute Gasteiger partial charge is 0.183 e. The van der Waals surface area contributed by atoms with Crippen LogP contribution in [0.3, 0.4) is 0 Å². The molecular formula is C20H20N2O4. The lowest BCUT2D eigenvalue weighted by atomic mass is 9.89. The molecule has 4 N–H and O–H groups in total. The van der Waals surface area contributed by atoms with Crippen molar-refractivity contribution in [1.82, 2.24) is 5.23 Å². The van der Waals surface area contributed by atoms with Gasteiger partial charge in [-0.2, -0.15) is 0 Å². The third-order valence-electron chi connectivity index (χ3n) is 4.40. The summed E-state index contributed by atoms with van der Waals surface area (Å²) in [6.45, 7) is 0.